The van der Waals surface area contributed by atoms with Gasteiger partial charge in [-0.25, -0.2) is 9.97 Å². The van der Waals surface area contributed by atoms with Gasteiger partial charge in [0.25, 0.3) is 0 Å². The molecule has 0 saturated carbocycles. The Morgan fingerprint density at radius 3 is 2.81 bits per heavy atom. The molecule has 0 bridgehead atoms. The van der Waals surface area contributed by atoms with E-state index >= 15 is 0 Å². The third kappa shape index (κ3) is 1.76. The largest absolute Gasteiger partial charge is 0.351 e. The molecule has 0 saturated heterocycles. The first-order valence-corrected chi connectivity index (χ1v) is 5.55. The summed E-state index contributed by atoms with van der Waals surface area (Å²) in [5.74, 6) is 0.729. The lowest BCUT2D eigenvalue weighted by molar-refractivity contribution is 0.774. The highest BCUT2D eigenvalue weighted by atomic mass is 15.1. The van der Waals surface area contributed by atoms with Crippen LogP contribution in [0.15, 0.2) is 42.6 Å². The molecular formula is C13H13N3. The lowest BCUT2D eigenvalue weighted by atomic mass is 10.2. The van der Waals surface area contributed by atoms with E-state index in [2.05, 4.69) is 27.4 Å². The van der Waals surface area contributed by atoms with E-state index in [0.29, 0.717) is 6.04 Å². The van der Waals surface area contributed by atoms with Gasteiger partial charge in [0, 0.05) is 17.6 Å². The molecule has 16 heavy (non-hydrogen) atoms. The van der Waals surface area contributed by atoms with Crippen molar-refractivity contribution in [2.24, 2.45) is 0 Å². The highest BCUT2D eigenvalue weighted by Gasteiger charge is 2.10. The monoisotopic (exact) mass is 211 g/mol. The number of nitrogens with zero attached hydrogens (tertiary/aromatic N) is 2. The molecule has 1 aromatic heterocycles. The summed E-state index contributed by atoms with van der Waals surface area (Å²) in [5.41, 5.74) is 0.992. The average molecular weight is 211 g/mol. The SMILES string of the molecule is C1=CCC(Nc2ncc3ccccc3n2)C1. The van der Waals surface area contributed by atoms with Crippen LogP contribution in [0.4, 0.5) is 5.95 Å². The molecule has 0 radical (unpaired) electrons. The van der Waals surface area contributed by atoms with Gasteiger partial charge >= 0.3 is 0 Å². The molecule has 3 nitrogen and oxygen atoms in total. The first kappa shape index (κ1) is 9.33. The van der Waals surface area contributed by atoms with Crippen molar-refractivity contribution in [2.75, 3.05) is 5.32 Å². The van der Waals surface area contributed by atoms with Crippen LogP contribution >= 0.6 is 0 Å². The summed E-state index contributed by atoms with van der Waals surface area (Å²) in [6, 6.07) is 8.49. The third-order valence-electron chi connectivity index (χ3n) is 2.83. The van der Waals surface area contributed by atoms with Crippen molar-refractivity contribution in [3.63, 3.8) is 0 Å². The Balaban J connectivity index is 1.87. The zero-order chi connectivity index (χ0) is 10.8. The number of fused-ring (bicyclic) bond motifs is 1. The molecule has 0 atom stereocenters. The van der Waals surface area contributed by atoms with E-state index in [-0.39, 0.29) is 0 Å². The summed E-state index contributed by atoms with van der Waals surface area (Å²) in [4.78, 5) is 8.81. The van der Waals surface area contributed by atoms with E-state index in [0.717, 1.165) is 29.7 Å². The minimum absolute atomic E-state index is 0.459. The zero-order valence-corrected chi connectivity index (χ0v) is 8.93. The van der Waals surface area contributed by atoms with Gasteiger partial charge in [0.05, 0.1) is 5.52 Å². The molecule has 80 valence electrons. The summed E-state index contributed by atoms with van der Waals surface area (Å²) in [6.45, 7) is 0. The van der Waals surface area contributed by atoms with Gasteiger partial charge in [-0.1, -0.05) is 30.4 Å². The zero-order valence-electron chi connectivity index (χ0n) is 8.93. The van der Waals surface area contributed by atoms with Crippen LogP contribution in [0.1, 0.15) is 12.8 Å². The number of hydrogen-bond acceptors (Lipinski definition) is 3. The van der Waals surface area contributed by atoms with Crippen molar-refractivity contribution in [3.8, 4) is 0 Å². The van der Waals surface area contributed by atoms with Crippen LogP contribution in [0, 0.1) is 0 Å². The molecular weight excluding hydrogens is 198 g/mol. The van der Waals surface area contributed by atoms with Gasteiger partial charge < -0.3 is 5.32 Å². The van der Waals surface area contributed by atoms with E-state index < -0.39 is 0 Å². The molecule has 0 aliphatic heterocycles. The predicted octanol–water partition coefficient (Wildman–Crippen LogP) is 2.76. The molecule has 1 aromatic carbocycles. The number of aromatic nitrogens is 2. The lowest BCUT2D eigenvalue weighted by Crippen LogP contribution is -2.16. The molecule has 3 rings (SSSR count). The quantitative estimate of drug-likeness (QED) is 0.776. The second-order valence-electron chi connectivity index (χ2n) is 4.04. The fourth-order valence-corrected chi connectivity index (χ4v) is 1.96. The van der Waals surface area contributed by atoms with Gasteiger partial charge in [0.1, 0.15) is 0 Å². The van der Waals surface area contributed by atoms with E-state index in [1.54, 1.807) is 0 Å². The van der Waals surface area contributed by atoms with E-state index in [9.17, 15) is 0 Å². The third-order valence-corrected chi connectivity index (χ3v) is 2.83. The second-order valence-corrected chi connectivity index (χ2v) is 4.04. The number of anilines is 1. The Kier molecular flexibility index (Phi) is 2.29. The molecule has 1 aliphatic carbocycles. The van der Waals surface area contributed by atoms with E-state index in [1.807, 2.05) is 30.5 Å². The summed E-state index contributed by atoms with van der Waals surface area (Å²) < 4.78 is 0. The van der Waals surface area contributed by atoms with Crippen LogP contribution in [-0.2, 0) is 0 Å². The molecule has 0 unspecified atom stereocenters. The standard InChI is InChI=1S/C13H13N3/c1-4-8-12-10(5-1)9-14-13(16-12)15-11-6-2-3-7-11/h1-5,8-9,11H,6-7H2,(H,14,15,16). The van der Waals surface area contributed by atoms with Gasteiger partial charge in [0.2, 0.25) is 5.95 Å². The van der Waals surface area contributed by atoms with E-state index in [1.165, 1.54) is 0 Å². The smallest absolute Gasteiger partial charge is 0.223 e. The highest BCUT2D eigenvalue weighted by Crippen LogP contribution is 2.16. The minimum Gasteiger partial charge on any atom is -0.351 e. The van der Waals surface area contributed by atoms with Crippen LogP contribution in [-0.4, -0.2) is 16.0 Å². The van der Waals surface area contributed by atoms with Crippen molar-refractivity contribution in [1.29, 1.82) is 0 Å². The maximum Gasteiger partial charge on any atom is 0.223 e. The number of para-hydroxylation sites is 1. The fraction of sp³-hybridized carbons (Fsp3) is 0.231. The first-order chi connectivity index (χ1) is 7.92. The second kappa shape index (κ2) is 3.93. The van der Waals surface area contributed by atoms with Gasteiger partial charge in [-0.15, -0.1) is 0 Å². The van der Waals surface area contributed by atoms with Crippen molar-refractivity contribution in [2.45, 2.75) is 18.9 Å². The molecule has 1 heterocycles. The Bertz CT molecular complexity index is 525. The summed E-state index contributed by atoms with van der Waals surface area (Å²) in [7, 11) is 0. The maximum absolute atomic E-state index is 4.49. The Hall–Kier alpha value is -1.90. The van der Waals surface area contributed by atoms with Gasteiger partial charge in [0.15, 0.2) is 0 Å². The van der Waals surface area contributed by atoms with Crippen molar-refractivity contribution in [3.05, 3.63) is 42.6 Å². The minimum atomic E-state index is 0.459. The summed E-state index contributed by atoms with van der Waals surface area (Å²) in [6.07, 6.45) is 8.39. The highest BCUT2D eigenvalue weighted by molar-refractivity contribution is 5.78. The molecule has 3 heteroatoms. The van der Waals surface area contributed by atoms with Crippen LogP contribution in [0.3, 0.4) is 0 Å². The Labute approximate surface area is 94.2 Å². The molecule has 0 amide bonds. The fourth-order valence-electron chi connectivity index (χ4n) is 1.96. The van der Waals surface area contributed by atoms with Crippen molar-refractivity contribution in [1.82, 2.24) is 9.97 Å². The Morgan fingerprint density at radius 1 is 1.12 bits per heavy atom. The summed E-state index contributed by atoms with van der Waals surface area (Å²) >= 11 is 0. The molecule has 1 aliphatic rings. The van der Waals surface area contributed by atoms with Gasteiger partial charge in [-0.2, -0.15) is 0 Å². The Morgan fingerprint density at radius 2 is 1.94 bits per heavy atom. The number of nitrogens with one attached hydrogen (secondary N) is 1. The summed E-state index contributed by atoms with van der Waals surface area (Å²) in [5, 5.41) is 4.43. The molecule has 2 aromatic rings. The van der Waals surface area contributed by atoms with Crippen LogP contribution in [0.25, 0.3) is 10.9 Å². The molecule has 1 N–H and O–H groups in total. The van der Waals surface area contributed by atoms with Crippen LogP contribution in [0.2, 0.25) is 0 Å². The average Bonchev–Trinajstić information content (AvgIpc) is 2.82. The molecule has 0 fully saturated rings. The number of benzene rings is 1. The van der Waals surface area contributed by atoms with Crippen LogP contribution in [0.5, 0.6) is 0 Å². The maximum atomic E-state index is 4.49. The van der Waals surface area contributed by atoms with Crippen LogP contribution < -0.4 is 5.32 Å². The van der Waals surface area contributed by atoms with Crippen molar-refractivity contribution < 1.29 is 0 Å². The number of hydrogen-bond donors (Lipinski definition) is 1. The lowest BCUT2D eigenvalue weighted by Gasteiger charge is -2.11. The van der Waals surface area contributed by atoms with Gasteiger partial charge in [-0.3, -0.25) is 0 Å². The normalized spacial score (nSPS) is 15.8. The number of rotatable bonds is 2. The predicted molar refractivity (Wildman–Crippen MR) is 65.3 cm³/mol. The topological polar surface area (TPSA) is 37.8 Å². The van der Waals surface area contributed by atoms with Gasteiger partial charge in [-0.05, 0) is 18.9 Å². The molecule has 0 spiro atoms. The van der Waals surface area contributed by atoms with E-state index in [4.69, 9.17) is 0 Å². The van der Waals surface area contributed by atoms with Crippen molar-refractivity contribution >= 4 is 16.9 Å². The first-order valence-electron chi connectivity index (χ1n) is 5.55.